The van der Waals surface area contributed by atoms with E-state index in [1.807, 2.05) is 6.07 Å². The van der Waals surface area contributed by atoms with Gasteiger partial charge in [0.2, 0.25) is 0 Å². The van der Waals surface area contributed by atoms with Crippen LogP contribution in [0.3, 0.4) is 0 Å². The average molecular weight is 164 g/mol. The van der Waals surface area contributed by atoms with Crippen LogP contribution in [0, 0.1) is 0 Å². The third-order valence-corrected chi connectivity index (χ3v) is 2.20. The molecule has 0 aromatic carbocycles. The summed E-state index contributed by atoms with van der Waals surface area (Å²) in [6, 6.07) is 2.32. The van der Waals surface area contributed by atoms with Gasteiger partial charge in [-0.05, 0) is 24.6 Å². The first kappa shape index (κ1) is 7.36. The summed E-state index contributed by atoms with van der Waals surface area (Å²) in [5, 5.41) is 3.27. The van der Waals surface area contributed by atoms with E-state index in [1.54, 1.807) is 6.20 Å². The van der Waals surface area contributed by atoms with Crippen LogP contribution in [-0.2, 0) is 0 Å². The molecule has 0 amide bonds. The van der Waals surface area contributed by atoms with Gasteiger partial charge in [-0.3, -0.25) is 0 Å². The number of hydrogen-bond donors (Lipinski definition) is 3. The van der Waals surface area contributed by atoms with Gasteiger partial charge in [0.15, 0.2) is 0 Å². The quantitative estimate of drug-likeness (QED) is 0.557. The van der Waals surface area contributed by atoms with Gasteiger partial charge in [-0.1, -0.05) is 0 Å². The summed E-state index contributed by atoms with van der Waals surface area (Å²) in [7, 11) is 0. The molecule has 64 valence electrons. The Kier molecular flexibility index (Phi) is 1.62. The van der Waals surface area contributed by atoms with Gasteiger partial charge in [-0.15, -0.1) is 0 Å². The number of aromatic nitrogens is 1. The molecular weight excluding hydrogens is 152 g/mol. The highest BCUT2D eigenvalue weighted by atomic mass is 15.0. The molecule has 0 spiro atoms. The van der Waals surface area contributed by atoms with Gasteiger partial charge in [-0.2, -0.15) is 0 Å². The van der Waals surface area contributed by atoms with Gasteiger partial charge >= 0.3 is 0 Å². The molecule has 1 saturated heterocycles. The van der Waals surface area contributed by atoms with Crippen LogP contribution in [0.1, 0.15) is 18.0 Å². The molecule has 0 bridgehead atoms. The molecule has 1 atom stereocenters. The number of nitrogens with one attached hydrogen (secondary N) is 1. The van der Waals surface area contributed by atoms with Gasteiger partial charge in [0.25, 0.3) is 0 Å². The van der Waals surface area contributed by atoms with Crippen LogP contribution in [0.15, 0.2) is 12.3 Å². The Bertz CT molecular complexity index is 293. The number of pyridine rings is 1. The molecule has 1 fully saturated rings. The van der Waals surface area contributed by atoms with Gasteiger partial charge in [-0.25, -0.2) is 4.98 Å². The Morgan fingerprint density at radius 1 is 1.50 bits per heavy atom. The van der Waals surface area contributed by atoms with Crippen LogP contribution < -0.4 is 16.8 Å². The van der Waals surface area contributed by atoms with E-state index in [9.17, 15) is 0 Å². The molecule has 2 rings (SSSR count). The topological polar surface area (TPSA) is 77.0 Å². The monoisotopic (exact) mass is 164 g/mol. The van der Waals surface area contributed by atoms with Crippen molar-refractivity contribution >= 4 is 11.5 Å². The van der Waals surface area contributed by atoms with Crippen molar-refractivity contribution in [3.63, 3.8) is 0 Å². The summed E-state index contributed by atoms with van der Waals surface area (Å²) in [5.41, 5.74) is 12.8. The second-order valence-corrected chi connectivity index (χ2v) is 3.04. The fourth-order valence-corrected chi connectivity index (χ4v) is 1.27. The normalized spacial score (nSPS) is 21.8. The minimum absolute atomic E-state index is 0.415. The highest BCUT2D eigenvalue weighted by Gasteiger charge is 2.18. The predicted octanol–water partition coefficient (Wildman–Crippen LogP) is 0.280. The molecule has 1 aliphatic rings. The van der Waals surface area contributed by atoms with E-state index in [1.165, 1.54) is 0 Å². The van der Waals surface area contributed by atoms with Crippen molar-refractivity contribution in [2.24, 2.45) is 0 Å². The standard InChI is InChI=1S/C8H12N4/c9-6-3-5(4-12-8(6)10)7-1-2-11-7/h3-4,7,11H,1-2,9H2,(H2,10,12). The number of hydrogen-bond acceptors (Lipinski definition) is 4. The summed E-state index contributed by atoms with van der Waals surface area (Å²) in [6.07, 6.45) is 2.94. The van der Waals surface area contributed by atoms with Crippen LogP contribution in [0.4, 0.5) is 11.5 Å². The zero-order valence-electron chi connectivity index (χ0n) is 6.75. The molecular formula is C8H12N4. The number of anilines is 2. The molecule has 2 heterocycles. The molecule has 0 radical (unpaired) electrons. The fourth-order valence-electron chi connectivity index (χ4n) is 1.27. The Morgan fingerprint density at radius 2 is 2.25 bits per heavy atom. The first-order valence-electron chi connectivity index (χ1n) is 4.01. The van der Waals surface area contributed by atoms with Crippen LogP contribution in [-0.4, -0.2) is 11.5 Å². The van der Waals surface area contributed by atoms with Crippen molar-refractivity contribution < 1.29 is 0 Å². The molecule has 4 heteroatoms. The SMILES string of the molecule is Nc1cc(C2CCN2)cnc1N. The first-order valence-corrected chi connectivity index (χ1v) is 4.01. The summed E-state index contributed by atoms with van der Waals surface area (Å²) < 4.78 is 0. The van der Waals surface area contributed by atoms with E-state index in [0.29, 0.717) is 17.5 Å². The van der Waals surface area contributed by atoms with Gasteiger partial charge in [0.1, 0.15) is 5.82 Å². The molecule has 0 aliphatic carbocycles. The van der Waals surface area contributed by atoms with Crippen LogP contribution in [0.25, 0.3) is 0 Å². The summed E-state index contributed by atoms with van der Waals surface area (Å²) >= 11 is 0. The lowest BCUT2D eigenvalue weighted by molar-refractivity contribution is 0.382. The maximum Gasteiger partial charge on any atom is 0.146 e. The molecule has 12 heavy (non-hydrogen) atoms. The van der Waals surface area contributed by atoms with E-state index in [-0.39, 0.29) is 0 Å². The summed E-state index contributed by atoms with van der Waals surface area (Å²) in [4.78, 5) is 3.99. The Balaban J connectivity index is 2.27. The second kappa shape index (κ2) is 2.64. The van der Waals surface area contributed by atoms with Crippen LogP contribution >= 0.6 is 0 Å². The lowest BCUT2D eigenvalue weighted by Gasteiger charge is -2.27. The van der Waals surface area contributed by atoms with Crippen LogP contribution in [0.2, 0.25) is 0 Å². The van der Waals surface area contributed by atoms with Gasteiger partial charge < -0.3 is 16.8 Å². The van der Waals surface area contributed by atoms with Crippen molar-refractivity contribution in [1.82, 2.24) is 10.3 Å². The lowest BCUT2D eigenvalue weighted by atomic mass is 9.99. The zero-order valence-corrected chi connectivity index (χ0v) is 6.75. The van der Waals surface area contributed by atoms with Gasteiger partial charge in [0.05, 0.1) is 5.69 Å². The van der Waals surface area contributed by atoms with Crippen molar-refractivity contribution in [3.05, 3.63) is 17.8 Å². The minimum Gasteiger partial charge on any atom is -0.396 e. The predicted molar refractivity (Wildman–Crippen MR) is 48.4 cm³/mol. The molecule has 1 aromatic heterocycles. The van der Waals surface area contributed by atoms with E-state index in [0.717, 1.165) is 18.5 Å². The first-order chi connectivity index (χ1) is 5.77. The molecule has 5 N–H and O–H groups in total. The van der Waals surface area contributed by atoms with E-state index >= 15 is 0 Å². The number of nitrogen functional groups attached to an aromatic ring is 2. The van der Waals surface area contributed by atoms with E-state index in [4.69, 9.17) is 11.5 Å². The molecule has 4 nitrogen and oxygen atoms in total. The summed E-state index contributed by atoms with van der Waals surface area (Å²) in [5.74, 6) is 0.415. The fraction of sp³-hybridized carbons (Fsp3) is 0.375. The molecule has 1 aliphatic heterocycles. The minimum atomic E-state index is 0.415. The van der Waals surface area contributed by atoms with E-state index in [2.05, 4.69) is 10.3 Å². The number of nitrogens with zero attached hydrogens (tertiary/aromatic N) is 1. The van der Waals surface area contributed by atoms with Gasteiger partial charge in [0, 0.05) is 12.2 Å². The summed E-state index contributed by atoms with van der Waals surface area (Å²) in [6.45, 7) is 1.08. The average Bonchev–Trinajstić information content (AvgIpc) is 1.93. The van der Waals surface area contributed by atoms with Crippen molar-refractivity contribution in [2.75, 3.05) is 18.0 Å². The highest BCUT2D eigenvalue weighted by Crippen LogP contribution is 2.24. The molecule has 1 aromatic rings. The van der Waals surface area contributed by atoms with Crippen LogP contribution in [0.5, 0.6) is 0 Å². The Morgan fingerprint density at radius 3 is 2.75 bits per heavy atom. The Hall–Kier alpha value is -1.29. The number of rotatable bonds is 1. The number of nitrogens with two attached hydrogens (primary N) is 2. The largest absolute Gasteiger partial charge is 0.396 e. The maximum atomic E-state index is 5.62. The smallest absolute Gasteiger partial charge is 0.146 e. The molecule has 1 unspecified atom stereocenters. The third kappa shape index (κ3) is 1.10. The second-order valence-electron chi connectivity index (χ2n) is 3.04. The van der Waals surface area contributed by atoms with Crippen molar-refractivity contribution in [3.8, 4) is 0 Å². The Labute approximate surface area is 71.0 Å². The third-order valence-electron chi connectivity index (χ3n) is 2.20. The van der Waals surface area contributed by atoms with Crippen molar-refractivity contribution in [1.29, 1.82) is 0 Å². The van der Waals surface area contributed by atoms with Crippen molar-refractivity contribution in [2.45, 2.75) is 12.5 Å². The lowest BCUT2D eigenvalue weighted by Crippen LogP contribution is -2.35. The maximum absolute atomic E-state index is 5.62. The highest BCUT2D eigenvalue weighted by molar-refractivity contribution is 5.58. The zero-order chi connectivity index (χ0) is 8.55. The van der Waals surface area contributed by atoms with E-state index < -0.39 is 0 Å². The molecule has 0 saturated carbocycles.